The Morgan fingerprint density at radius 2 is 1.30 bits per heavy atom. The molecule has 3 aromatic carbocycles. The van der Waals surface area contributed by atoms with E-state index in [1.54, 1.807) is 72.8 Å². The zero-order valence-corrected chi connectivity index (χ0v) is 26.7. The van der Waals surface area contributed by atoms with Crippen LogP contribution < -0.4 is 28.3 Å². The number of primary amides is 1. The van der Waals surface area contributed by atoms with Crippen LogP contribution in [0.1, 0.15) is 66.1 Å². The molecule has 0 fully saturated rings. The second-order valence-corrected chi connectivity index (χ2v) is 11.8. The third kappa shape index (κ3) is 12.2. The molecule has 3 atom stereocenters. The maximum absolute atomic E-state index is 13.7. The lowest BCUT2D eigenvalue weighted by atomic mass is 9.89. The molecular formula is C36H44N6O5. The lowest BCUT2D eigenvalue weighted by Crippen LogP contribution is -2.45. The SMILES string of the molecule is CC(=O)CC(Cc1ccc(C(=O)c2ccccc2)cc1)C(=O)NC(CCCCN=C(N)N)C(=O)CC(Cc1ccc(N)cc1)C(N)=O. The van der Waals surface area contributed by atoms with Gasteiger partial charge in [0.25, 0.3) is 0 Å². The van der Waals surface area contributed by atoms with Gasteiger partial charge >= 0.3 is 0 Å². The van der Waals surface area contributed by atoms with Crippen LogP contribution >= 0.6 is 0 Å². The first-order valence-corrected chi connectivity index (χ1v) is 15.6. The number of unbranched alkanes of at least 4 members (excludes halogenated alkanes) is 1. The smallest absolute Gasteiger partial charge is 0.224 e. The van der Waals surface area contributed by atoms with E-state index in [9.17, 15) is 24.0 Å². The number of benzene rings is 3. The Bertz CT molecular complexity index is 1550. The molecular weight excluding hydrogens is 596 g/mol. The van der Waals surface area contributed by atoms with Gasteiger partial charge in [-0.2, -0.15) is 0 Å². The Morgan fingerprint density at radius 3 is 1.87 bits per heavy atom. The van der Waals surface area contributed by atoms with E-state index in [0.29, 0.717) is 36.2 Å². The third-order valence-corrected chi connectivity index (χ3v) is 7.85. The number of nitrogens with one attached hydrogen (secondary N) is 1. The van der Waals surface area contributed by atoms with E-state index in [2.05, 4.69) is 10.3 Å². The average molecular weight is 641 g/mol. The molecule has 47 heavy (non-hydrogen) atoms. The van der Waals surface area contributed by atoms with E-state index in [1.165, 1.54) is 6.92 Å². The highest BCUT2D eigenvalue weighted by Gasteiger charge is 2.29. The molecule has 0 aliphatic carbocycles. The molecule has 3 rings (SSSR count). The lowest BCUT2D eigenvalue weighted by molar-refractivity contribution is -0.133. The maximum atomic E-state index is 13.7. The van der Waals surface area contributed by atoms with Crippen LogP contribution in [0.3, 0.4) is 0 Å². The number of guanidine groups is 1. The van der Waals surface area contributed by atoms with E-state index in [-0.39, 0.29) is 55.4 Å². The van der Waals surface area contributed by atoms with Crippen molar-refractivity contribution in [3.05, 3.63) is 101 Å². The van der Waals surface area contributed by atoms with E-state index < -0.39 is 29.7 Å². The van der Waals surface area contributed by atoms with Crippen LogP contribution in [0.2, 0.25) is 0 Å². The zero-order valence-electron chi connectivity index (χ0n) is 26.7. The van der Waals surface area contributed by atoms with Crippen molar-refractivity contribution in [1.29, 1.82) is 0 Å². The number of aliphatic imine (C=N–C) groups is 1. The van der Waals surface area contributed by atoms with E-state index in [1.807, 2.05) is 6.07 Å². The number of nitrogen functional groups attached to an aromatic ring is 1. The van der Waals surface area contributed by atoms with E-state index in [4.69, 9.17) is 22.9 Å². The van der Waals surface area contributed by atoms with Gasteiger partial charge in [-0.15, -0.1) is 0 Å². The highest BCUT2D eigenvalue weighted by atomic mass is 16.2. The van der Waals surface area contributed by atoms with Gasteiger partial charge in [-0.1, -0.05) is 66.7 Å². The minimum Gasteiger partial charge on any atom is -0.399 e. The van der Waals surface area contributed by atoms with Crippen molar-refractivity contribution in [2.75, 3.05) is 12.3 Å². The number of rotatable bonds is 19. The molecule has 2 amide bonds. The van der Waals surface area contributed by atoms with Gasteiger partial charge in [-0.3, -0.25) is 24.2 Å². The van der Waals surface area contributed by atoms with Crippen LogP contribution in [-0.4, -0.2) is 47.7 Å². The molecule has 0 saturated carbocycles. The Kier molecular flexibility index (Phi) is 13.8. The van der Waals surface area contributed by atoms with Crippen molar-refractivity contribution in [1.82, 2.24) is 5.32 Å². The van der Waals surface area contributed by atoms with Gasteiger partial charge in [0.2, 0.25) is 11.8 Å². The Morgan fingerprint density at radius 1 is 0.723 bits per heavy atom. The van der Waals surface area contributed by atoms with Gasteiger partial charge < -0.3 is 33.0 Å². The quantitative estimate of drug-likeness (QED) is 0.0431. The molecule has 0 aliphatic rings. The summed E-state index contributed by atoms with van der Waals surface area (Å²) in [6.07, 6.45) is 1.60. The highest BCUT2D eigenvalue weighted by Crippen LogP contribution is 2.20. The molecule has 0 aliphatic heterocycles. The first-order valence-electron chi connectivity index (χ1n) is 15.6. The monoisotopic (exact) mass is 640 g/mol. The van der Waals surface area contributed by atoms with Crippen molar-refractivity contribution >= 4 is 40.8 Å². The van der Waals surface area contributed by atoms with Crippen molar-refractivity contribution in [2.24, 2.45) is 34.0 Å². The number of nitrogens with two attached hydrogens (primary N) is 4. The number of amides is 2. The van der Waals surface area contributed by atoms with Gasteiger partial charge in [0.1, 0.15) is 5.78 Å². The van der Waals surface area contributed by atoms with Gasteiger partial charge in [0.05, 0.1) is 6.04 Å². The second kappa shape index (κ2) is 18.0. The van der Waals surface area contributed by atoms with Gasteiger partial charge in [0, 0.05) is 48.0 Å². The summed E-state index contributed by atoms with van der Waals surface area (Å²) in [5, 5.41) is 2.86. The van der Waals surface area contributed by atoms with E-state index >= 15 is 0 Å². The van der Waals surface area contributed by atoms with Crippen LogP contribution in [0.4, 0.5) is 5.69 Å². The fourth-order valence-electron chi connectivity index (χ4n) is 5.31. The third-order valence-electron chi connectivity index (χ3n) is 7.85. The summed E-state index contributed by atoms with van der Waals surface area (Å²) in [5.41, 5.74) is 25.5. The first kappa shape index (κ1) is 36.2. The van der Waals surface area contributed by atoms with Crippen LogP contribution in [0, 0.1) is 11.8 Å². The fraction of sp³-hybridized carbons (Fsp3) is 0.333. The number of anilines is 1. The topological polar surface area (TPSA) is 214 Å². The predicted octanol–water partition coefficient (Wildman–Crippen LogP) is 2.87. The van der Waals surface area contributed by atoms with Gasteiger partial charge in [-0.05, 0) is 62.3 Å². The van der Waals surface area contributed by atoms with Crippen molar-refractivity contribution in [2.45, 2.75) is 57.9 Å². The first-order chi connectivity index (χ1) is 22.4. The standard InChI is InChI=1S/C36H44N6O5/c1-23(43)19-29(21-24-10-14-27(15-11-24)33(45)26-7-3-2-4-8-26)35(47)42-31(9-5-6-18-41-36(39)40)32(44)22-28(34(38)46)20-25-12-16-30(37)17-13-25/h2-4,7-8,10-17,28-29,31H,5-6,9,18-22,37H2,1H3,(H2,38,46)(H,42,47)(H4,39,40,41). The summed E-state index contributed by atoms with van der Waals surface area (Å²) in [7, 11) is 0. The van der Waals surface area contributed by atoms with Crippen molar-refractivity contribution < 1.29 is 24.0 Å². The molecule has 11 heteroatoms. The summed E-state index contributed by atoms with van der Waals surface area (Å²) in [4.78, 5) is 68.6. The average Bonchev–Trinajstić information content (AvgIpc) is 3.04. The molecule has 0 heterocycles. The van der Waals surface area contributed by atoms with Crippen LogP contribution in [0.5, 0.6) is 0 Å². The Labute approximate surface area is 275 Å². The molecule has 0 bridgehead atoms. The Balaban J connectivity index is 1.75. The molecule has 0 spiro atoms. The zero-order chi connectivity index (χ0) is 34.3. The summed E-state index contributed by atoms with van der Waals surface area (Å²) >= 11 is 0. The number of hydrogen-bond donors (Lipinski definition) is 5. The van der Waals surface area contributed by atoms with E-state index in [0.717, 1.165) is 11.1 Å². The number of carbonyl (C=O) groups excluding carboxylic acids is 5. The molecule has 0 saturated heterocycles. The van der Waals surface area contributed by atoms with Crippen molar-refractivity contribution in [3.8, 4) is 0 Å². The largest absolute Gasteiger partial charge is 0.399 e. The van der Waals surface area contributed by atoms with Crippen molar-refractivity contribution in [3.63, 3.8) is 0 Å². The maximum Gasteiger partial charge on any atom is 0.224 e. The lowest BCUT2D eigenvalue weighted by Gasteiger charge is -2.23. The van der Waals surface area contributed by atoms with Crippen LogP contribution in [0.25, 0.3) is 0 Å². The molecule has 3 aromatic rings. The molecule has 9 N–H and O–H groups in total. The summed E-state index contributed by atoms with van der Waals surface area (Å²) in [5.74, 6) is -3.33. The van der Waals surface area contributed by atoms with Crippen LogP contribution in [-0.2, 0) is 32.0 Å². The number of nitrogens with zero attached hydrogens (tertiary/aromatic N) is 1. The number of ketones is 3. The molecule has 0 radical (unpaired) electrons. The number of Topliss-reactive ketones (excluding diaryl/α,β-unsaturated/α-hetero) is 2. The molecule has 0 aromatic heterocycles. The summed E-state index contributed by atoms with van der Waals surface area (Å²) in [6.45, 7) is 1.76. The molecule has 3 unspecified atom stereocenters. The minimum absolute atomic E-state index is 0.0387. The normalized spacial score (nSPS) is 12.7. The number of hydrogen-bond acceptors (Lipinski definition) is 7. The van der Waals surface area contributed by atoms with Gasteiger partial charge in [0.15, 0.2) is 17.5 Å². The highest BCUT2D eigenvalue weighted by molar-refractivity contribution is 6.09. The summed E-state index contributed by atoms with van der Waals surface area (Å²) in [6, 6.07) is 21.9. The molecule has 11 nitrogen and oxygen atoms in total. The predicted molar refractivity (Wildman–Crippen MR) is 182 cm³/mol. The van der Waals surface area contributed by atoms with Crippen LogP contribution in [0.15, 0.2) is 83.9 Å². The Hall–Kier alpha value is -5.32. The second-order valence-electron chi connectivity index (χ2n) is 11.8. The van der Waals surface area contributed by atoms with Gasteiger partial charge in [-0.25, -0.2) is 0 Å². The number of carbonyl (C=O) groups is 5. The summed E-state index contributed by atoms with van der Waals surface area (Å²) < 4.78 is 0. The minimum atomic E-state index is -0.921. The fourth-order valence-corrected chi connectivity index (χ4v) is 5.31. The molecule has 248 valence electrons.